The fourth-order valence-electron chi connectivity index (χ4n) is 1.79. The first-order chi connectivity index (χ1) is 10.4. The van der Waals surface area contributed by atoms with Gasteiger partial charge in [-0.15, -0.1) is 0 Å². The van der Waals surface area contributed by atoms with Gasteiger partial charge in [-0.3, -0.25) is 9.10 Å². The van der Waals surface area contributed by atoms with Gasteiger partial charge in [0.1, 0.15) is 12.3 Å². The van der Waals surface area contributed by atoms with Gasteiger partial charge in [-0.25, -0.2) is 8.42 Å². The van der Waals surface area contributed by atoms with Crippen molar-refractivity contribution in [1.82, 2.24) is 5.32 Å². The molecule has 0 fully saturated rings. The first kappa shape index (κ1) is 16.8. The van der Waals surface area contributed by atoms with Crippen LogP contribution in [-0.2, 0) is 21.4 Å². The van der Waals surface area contributed by atoms with E-state index in [0.29, 0.717) is 11.4 Å². The zero-order chi connectivity index (χ0) is 16.2. The number of halogens is 1. The smallest absolute Gasteiger partial charge is 0.241 e. The lowest BCUT2D eigenvalue weighted by Crippen LogP contribution is -2.40. The van der Waals surface area contributed by atoms with E-state index >= 15 is 0 Å². The maximum atomic E-state index is 12.0. The highest BCUT2D eigenvalue weighted by molar-refractivity contribution is 14.1. The minimum Gasteiger partial charge on any atom is -0.467 e. The van der Waals surface area contributed by atoms with Crippen molar-refractivity contribution in [1.29, 1.82) is 0 Å². The number of carbonyl (C=O) groups excluding carboxylic acids is 1. The summed E-state index contributed by atoms with van der Waals surface area (Å²) in [6.07, 6.45) is 2.58. The normalized spacial score (nSPS) is 11.2. The average molecular weight is 434 g/mol. The maximum absolute atomic E-state index is 12.0. The molecule has 0 spiro atoms. The topological polar surface area (TPSA) is 79.6 Å². The fourth-order valence-corrected chi connectivity index (χ4v) is 3.01. The Kier molecular flexibility index (Phi) is 5.46. The molecule has 1 amide bonds. The number of furan rings is 1. The number of hydrogen-bond donors (Lipinski definition) is 1. The van der Waals surface area contributed by atoms with Gasteiger partial charge in [0.15, 0.2) is 0 Å². The quantitative estimate of drug-likeness (QED) is 0.706. The molecule has 0 aliphatic rings. The highest BCUT2D eigenvalue weighted by atomic mass is 127. The van der Waals surface area contributed by atoms with E-state index < -0.39 is 15.9 Å². The predicted molar refractivity (Wildman–Crippen MR) is 91.9 cm³/mol. The molecule has 0 radical (unpaired) electrons. The second-order valence-electron chi connectivity index (χ2n) is 4.60. The van der Waals surface area contributed by atoms with Crippen LogP contribution in [0.4, 0.5) is 5.69 Å². The van der Waals surface area contributed by atoms with Crippen LogP contribution in [0.1, 0.15) is 5.76 Å². The summed E-state index contributed by atoms with van der Waals surface area (Å²) < 4.78 is 31.0. The molecule has 8 heteroatoms. The Bertz CT molecular complexity index is 727. The fraction of sp³-hybridized carbons (Fsp3) is 0.214. The summed E-state index contributed by atoms with van der Waals surface area (Å²) in [6.45, 7) is -0.0593. The molecule has 0 atom stereocenters. The largest absolute Gasteiger partial charge is 0.467 e. The van der Waals surface area contributed by atoms with Gasteiger partial charge in [0.05, 0.1) is 24.8 Å². The van der Waals surface area contributed by atoms with Crippen molar-refractivity contribution in [3.05, 3.63) is 52.0 Å². The van der Waals surface area contributed by atoms with Gasteiger partial charge in [0.2, 0.25) is 15.9 Å². The van der Waals surface area contributed by atoms with Crippen molar-refractivity contribution < 1.29 is 17.6 Å². The van der Waals surface area contributed by atoms with Crippen molar-refractivity contribution in [3.8, 4) is 0 Å². The number of nitrogens with one attached hydrogen (secondary N) is 1. The molecule has 0 aliphatic carbocycles. The molecule has 2 aromatic rings. The van der Waals surface area contributed by atoms with E-state index in [1.165, 1.54) is 6.26 Å². The van der Waals surface area contributed by atoms with Crippen LogP contribution in [-0.4, -0.2) is 27.1 Å². The van der Waals surface area contributed by atoms with Crippen LogP contribution in [0.15, 0.2) is 47.1 Å². The van der Waals surface area contributed by atoms with E-state index in [4.69, 9.17) is 4.42 Å². The zero-order valence-electron chi connectivity index (χ0n) is 11.8. The minimum atomic E-state index is -3.55. The molecular weight excluding hydrogens is 419 g/mol. The number of amides is 1. The van der Waals surface area contributed by atoms with E-state index in [1.54, 1.807) is 36.4 Å². The standard InChI is InChI=1S/C14H15IN2O4S/c1-22(19,20)17(12-6-4-11(15)5-7-12)10-14(18)16-9-13-3-2-8-21-13/h2-8H,9-10H2,1H3,(H,16,18). The maximum Gasteiger partial charge on any atom is 0.241 e. The van der Waals surface area contributed by atoms with Gasteiger partial charge in [-0.2, -0.15) is 0 Å². The molecule has 22 heavy (non-hydrogen) atoms. The zero-order valence-corrected chi connectivity index (χ0v) is 14.8. The number of rotatable bonds is 6. The number of carbonyl (C=O) groups is 1. The lowest BCUT2D eigenvalue weighted by molar-refractivity contribution is -0.119. The Labute approximate surface area is 142 Å². The van der Waals surface area contributed by atoms with Crippen LogP contribution >= 0.6 is 22.6 Å². The Morgan fingerprint density at radius 2 is 1.95 bits per heavy atom. The SMILES string of the molecule is CS(=O)(=O)N(CC(=O)NCc1ccco1)c1ccc(I)cc1. The molecule has 0 saturated heterocycles. The van der Waals surface area contributed by atoms with E-state index in [9.17, 15) is 13.2 Å². The Morgan fingerprint density at radius 1 is 1.27 bits per heavy atom. The predicted octanol–water partition coefficient (Wildman–Crippen LogP) is 1.97. The molecule has 6 nitrogen and oxygen atoms in total. The van der Waals surface area contributed by atoms with E-state index in [0.717, 1.165) is 14.1 Å². The number of nitrogens with zero attached hydrogens (tertiary/aromatic N) is 1. The highest BCUT2D eigenvalue weighted by Gasteiger charge is 2.20. The molecule has 0 unspecified atom stereocenters. The molecule has 1 N–H and O–H groups in total. The molecule has 118 valence electrons. The molecule has 1 aromatic carbocycles. The van der Waals surface area contributed by atoms with Crippen LogP contribution in [0, 0.1) is 3.57 Å². The molecule has 1 aromatic heterocycles. The molecular formula is C14H15IN2O4S. The second-order valence-corrected chi connectivity index (χ2v) is 7.75. The summed E-state index contributed by atoms with van der Waals surface area (Å²) in [5, 5.41) is 2.63. The third-order valence-corrected chi connectivity index (χ3v) is 4.70. The summed E-state index contributed by atoms with van der Waals surface area (Å²) >= 11 is 2.13. The molecule has 0 bridgehead atoms. The highest BCUT2D eigenvalue weighted by Crippen LogP contribution is 2.18. The summed E-state index contributed by atoms with van der Waals surface area (Å²) in [5.74, 6) is 0.203. The van der Waals surface area contributed by atoms with Crippen molar-refractivity contribution >= 4 is 44.2 Å². The van der Waals surface area contributed by atoms with Gasteiger partial charge < -0.3 is 9.73 Å². The number of benzene rings is 1. The third kappa shape index (κ3) is 4.73. The van der Waals surface area contributed by atoms with Gasteiger partial charge >= 0.3 is 0 Å². The molecule has 2 rings (SSSR count). The first-order valence-electron chi connectivity index (χ1n) is 6.38. The Balaban J connectivity index is 2.07. The number of anilines is 1. The summed E-state index contributed by atoms with van der Waals surface area (Å²) in [4.78, 5) is 12.0. The molecule has 0 aliphatic heterocycles. The van der Waals surface area contributed by atoms with Gasteiger partial charge in [-0.1, -0.05) is 0 Å². The monoisotopic (exact) mass is 434 g/mol. The van der Waals surface area contributed by atoms with Crippen LogP contribution < -0.4 is 9.62 Å². The minimum absolute atomic E-state index is 0.218. The van der Waals surface area contributed by atoms with E-state index in [1.807, 2.05) is 0 Å². The van der Waals surface area contributed by atoms with Crippen molar-refractivity contribution in [2.75, 3.05) is 17.1 Å². The summed E-state index contributed by atoms with van der Waals surface area (Å²) in [7, 11) is -3.55. The van der Waals surface area contributed by atoms with Crippen LogP contribution in [0.2, 0.25) is 0 Å². The summed E-state index contributed by atoms with van der Waals surface area (Å²) in [6, 6.07) is 10.4. The third-order valence-electron chi connectivity index (χ3n) is 2.84. The van der Waals surface area contributed by atoms with E-state index in [-0.39, 0.29) is 13.1 Å². The van der Waals surface area contributed by atoms with E-state index in [2.05, 4.69) is 27.9 Å². The molecule has 1 heterocycles. The van der Waals surface area contributed by atoms with Crippen LogP contribution in [0.3, 0.4) is 0 Å². The first-order valence-corrected chi connectivity index (χ1v) is 9.31. The van der Waals surface area contributed by atoms with Crippen molar-refractivity contribution in [3.63, 3.8) is 0 Å². The van der Waals surface area contributed by atoms with Crippen LogP contribution in [0.5, 0.6) is 0 Å². The average Bonchev–Trinajstić information content (AvgIpc) is 2.96. The van der Waals surface area contributed by atoms with Gasteiger partial charge in [0, 0.05) is 3.57 Å². The van der Waals surface area contributed by atoms with Crippen molar-refractivity contribution in [2.45, 2.75) is 6.54 Å². The number of sulfonamides is 1. The summed E-state index contributed by atoms with van der Waals surface area (Å²) in [5.41, 5.74) is 0.455. The van der Waals surface area contributed by atoms with Gasteiger partial charge in [-0.05, 0) is 59.0 Å². The lowest BCUT2D eigenvalue weighted by atomic mass is 10.3. The molecule has 0 saturated carbocycles. The van der Waals surface area contributed by atoms with Gasteiger partial charge in [0.25, 0.3) is 0 Å². The van der Waals surface area contributed by atoms with Crippen LogP contribution in [0.25, 0.3) is 0 Å². The number of hydrogen-bond acceptors (Lipinski definition) is 4. The van der Waals surface area contributed by atoms with Crippen molar-refractivity contribution in [2.24, 2.45) is 0 Å². The Hall–Kier alpha value is -1.55. The Morgan fingerprint density at radius 3 is 2.50 bits per heavy atom. The lowest BCUT2D eigenvalue weighted by Gasteiger charge is -2.21. The second kappa shape index (κ2) is 7.14.